The molecular formula is C23H41BrN4O2. The zero-order valence-electron chi connectivity index (χ0n) is 19.9. The molecule has 5 N–H and O–H groups in total. The Morgan fingerprint density at radius 1 is 1.33 bits per heavy atom. The van der Waals surface area contributed by atoms with Crippen LogP contribution in [0.3, 0.4) is 0 Å². The highest BCUT2D eigenvalue weighted by Crippen LogP contribution is 2.36. The van der Waals surface area contributed by atoms with Crippen LogP contribution in [0.1, 0.15) is 73.5 Å². The number of aromatic nitrogens is 1. The molecule has 30 heavy (non-hydrogen) atoms. The summed E-state index contributed by atoms with van der Waals surface area (Å²) in [6.07, 6.45) is 3.75. The minimum atomic E-state index is -0.697. The average Bonchev–Trinajstić information content (AvgIpc) is 2.69. The van der Waals surface area contributed by atoms with Crippen molar-refractivity contribution in [3.63, 3.8) is 0 Å². The summed E-state index contributed by atoms with van der Waals surface area (Å²) < 4.78 is 6.56. The Balaban J connectivity index is 0.00000407. The predicted molar refractivity (Wildman–Crippen MR) is 130 cm³/mol. The third-order valence-electron chi connectivity index (χ3n) is 4.09. The lowest BCUT2D eigenvalue weighted by molar-refractivity contribution is 0.0594. The second-order valence-corrected chi connectivity index (χ2v) is 9.27. The van der Waals surface area contributed by atoms with E-state index < -0.39 is 6.10 Å². The fourth-order valence-electron chi connectivity index (χ4n) is 2.61. The SMILES string of the molecule is CC.CC/C=C(\C(N)=C(\Br)COc1ncccc1C(O)C(C)(C)C)N(N)CC(C)C. The maximum atomic E-state index is 10.6. The fraction of sp³-hybridized carbons (Fsp3) is 0.609. The Bertz CT molecular complexity index is 697. The molecule has 0 fully saturated rings. The molecule has 1 unspecified atom stereocenters. The highest BCUT2D eigenvalue weighted by atomic mass is 79.9. The molecular weight excluding hydrogens is 444 g/mol. The number of hydrogen-bond acceptors (Lipinski definition) is 6. The van der Waals surface area contributed by atoms with Gasteiger partial charge in [0.15, 0.2) is 0 Å². The van der Waals surface area contributed by atoms with Crippen molar-refractivity contribution in [3.8, 4) is 5.88 Å². The van der Waals surface area contributed by atoms with E-state index >= 15 is 0 Å². The van der Waals surface area contributed by atoms with Gasteiger partial charge in [-0.05, 0) is 45.8 Å². The topological polar surface area (TPSA) is 97.6 Å². The van der Waals surface area contributed by atoms with Crippen LogP contribution in [0.2, 0.25) is 0 Å². The van der Waals surface area contributed by atoms with E-state index in [1.54, 1.807) is 17.3 Å². The fourth-order valence-corrected chi connectivity index (χ4v) is 2.93. The van der Waals surface area contributed by atoms with Gasteiger partial charge in [-0.25, -0.2) is 10.8 Å². The lowest BCUT2D eigenvalue weighted by Gasteiger charge is -2.27. The molecule has 0 spiro atoms. The molecule has 0 aliphatic heterocycles. The van der Waals surface area contributed by atoms with Crippen molar-refractivity contribution in [2.24, 2.45) is 22.9 Å². The molecule has 6 nitrogen and oxygen atoms in total. The molecule has 172 valence electrons. The van der Waals surface area contributed by atoms with Crippen LogP contribution in [0.25, 0.3) is 0 Å². The summed E-state index contributed by atoms with van der Waals surface area (Å²) in [6.45, 7) is 17.0. The molecule has 0 aliphatic carbocycles. The largest absolute Gasteiger partial charge is 0.472 e. The number of aliphatic hydroxyl groups excluding tert-OH is 1. The number of hydrazine groups is 1. The van der Waals surface area contributed by atoms with Crippen molar-refractivity contribution >= 4 is 15.9 Å². The second kappa shape index (κ2) is 13.7. The van der Waals surface area contributed by atoms with E-state index in [9.17, 15) is 5.11 Å². The van der Waals surface area contributed by atoms with E-state index in [-0.39, 0.29) is 12.0 Å². The van der Waals surface area contributed by atoms with E-state index in [1.165, 1.54) is 0 Å². The van der Waals surface area contributed by atoms with Gasteiger partial charge in [0.25, 0.3) is 0 Å². The zero-order valence-corrected chi connectivity index (χ0v) is 21.5. The van der Waals surface area contributed by atoms with Crippen LogP contribution in [-0.2, 0) is 0 Å². The number of aliphatic hydroxyl groups is 1. The second-order valence-electron chi connectivity index (χ2n) is 8.32. The average molecular weight is 486 g/mol. The van der Waals surface area contributed by atoms with Gasteiger partial charge in [-0.1, -0.05) is 61.5 Å². The van der Waals surface area contributed by atoms with Crippen molar-refractivity contribution in [2.75, 3.05) is 13.2 Å². The van der Waals surface area contributed by atoms with Crippen molar-refractivity contribution in [3.05, 3.63) is 45.8 Å². The highest BCUT2D eigenvalue weighted by Gasteiger charge is 2.27. The van der Waals surface area contributed by atoms with Crippen LogP contribution >= 0.6 is 15.9 Å². The van der Waals surface area contributed by atoms with Crippen LogP contribution in [0, 0.1) is 11.3 Å². The van der Waals surface area contributed by atoms with E-state index in [0.29, 0.717) is 34.1 Å². The number of pyridine rings is 1. The Labute approximate surface area is 191 Å². The summed E-state index contributed by atoms with van der Waals surface area (Å²) in [6, 6.07) is 3.61. The monoisotopic (exact) mass is 484 g/mol. The molecule has 0 amide bonds. The molecule has 1 rings (SSSR count). The molecule has 0 saturated carbocycles. The van der Waals surface area contributed by atoms with E-state index in [1.807, 2.05) is 53.7 Å². The Hall–Kier alpha value is -1.57. The molecule has 0 aliphatic rings. The van der Waals surface area contributed by atoms with Crippen LogP contribution in [0.4, 0.5) is 0 Å². The molecule has 1 heterocycles. The van der Waals surface area contributed by atoms with Crippen molar-refractivity contribution < 1.29 is 9.84 Å². The van der Waals surface area contributed by atoms with Gasteiger partial charge in [0.1, 0.15) is 6.61 Å². The standard InChI is InChI=1S/C21H35BrN4O2.C2H6/c1-7-9-17(26(24)12-14(2)3)18(23)16(22)13-28-20-15(10-8-11-25-20)19(27)21(4,5)6;1-2/h8-11,14,19,27H,7,12-13,23-24H2,1-6H3;1-2H3/b17-9+,18-16-;. The molecule has 7 heteroatoms. The van der Waals surface area contributed by atoms with Gasteiger partial charge < -0.3 is 20.6 Å². The zero-order chi connectivity index (χ0) is 23.5. The van der Waals surface area contributed by atoms with Crippen molar-refractivity contribution in [1.29, 1.82) is 0 Å². The number of rotatable bonds is 9. The van der Waals surface area contributed by atoms with Gasteiger partial charge in [0, 0.05) is 18.3 Å². The third-order valence-corrected chi connectivity index (χ3v) is 4.74. The Kier molecular flexibility index (Phi) is 13.0. The maximum Gasteiger partial charge on any atom is 0.219 e. The predicted octanol–water partition coefficient (Wildman–Crippen LogP) is 5.26. The molecule has 1 aromatic rings. The third kappa shape index (κ3) is 9.06. The van der Waals surface area contributed by atoms with Crippen LogP contribution < -0.4 is 16.3 Å². The van der Waals surface area contributed by atoms with Gasteiger partial charge in [0.05, 0.1) is 22.0 Å². The van der Waals surface area contributed by atoms with Gasteiger partial charge in [-0.3, -0.25) is 0 Å². The molecule has 0 bridgehead atoms. The summed E-state index contributed by atoms with van der Waals surface area (Å²) in [5.41, 5.74) is 7.96. The van der Waals surface area contributed by atoms with Gasteiger partial charge in [-0.2, -0.15) is 0 Å². The first-order valence-corrected chi connectivity index (χ1v) is 11.4. The number of nitrogens with zero attached hydrogens (tertiary/aromatic N) is 2. The Morgan fingerprint density at radius 3 is 2.43 bits per heavy atom. The van der Waals surface area contributed by atoms with E-state index in [0.717, 1.165) is 12.1 Å². The first-order valence-electron chi connectivity index (χ1n) is 10.6. The first kappa shape index (κ1) is 28.4. The number of ether oxygens (including phenoxy) is 1. The van der Waals surface area contributed by atoms with Crippen molar-refractivity contribution in [2.45, 2.75) is 67.9 Å². The summed E-state index contributed by atoms with van der Waals surface area (Å²) in [5, 5.41) is 12.3. The minimum absolute atomic E-state index is 0.184. The lowest BCUT2D eigenvalue weighted by atomic mass is 9.85. The van der Waals surface area contributed by atoms with E-state index in [2.05, 4.69) is 34.8 Å². The van der Waals surface area contributed by atoms with Crippen LogP contribution in [-0.4, -0.2) is 28.3 Å². The molecule has 0 radical (unpaired) electrons. The smallest absolute Gasteiger partial charge is 0.219 e. The quantitative estimate of drug-likeness (QED) is 0.251. The lowest BCUT2D eigenvalue weighted by Crippen LogP contribution is -2.36. The molecule has 0 aromatic carbocycles. The molecule has 1 aromatic heterocycles. The normalized spacial score (nSPS) is 13.9. The van der Waals surface area contributed by atoms with Crippen LogP contribution in [0.5, 0.6) is 5.88 Å². The first-order chi connectivity index (χ1) is 14.0. The minimum Gasteiger partial charge on any atom is -0.472 e. The summed E-state index contributed by atoms with van der Waals surface area (Å²) >= 11 is 3.52. The number of hydrogen-bond donors (Lipinski definition) is 3. The number of nitrogens with two attached hydrogens (primary N) is 2. The van der Waals surface area contributed by atoms with Gasteiger partial charge in [-0.15, -0.1) is 0 Å². The van der Waals surface area contributed by atoms with E-state index in [4.69, 9.17) is 16.3 Å². The summed E-state index contributed by atoms with van der Waals surface area (Å²) in [5.74, 6) is 7.00. The van der Waals surface area contributed by atoms with Crippen LogP contribution in [0.15, 0.2) is 40.3 Å². The molecule has 0 saturated heterocycles. The maximum absolute atomic E-state index is 10.6. The highest BCUT2D eigenvalue weighted by molar-refractivity contribution is 9.11. The van der Waals surface area contributed by atoms with Gasteiger partial charge in [0.2, 0.25) is 5.88 Å². The number of allylic oxidation sites excluding steroid dienone is 1. The summed E-state index contributed by atoms with van der Waals surface area (Å²) in [7, 11) is 0. The summed E-state index contributed by atoms with van der Waals surface area (Å²) in [4.78, 5) is 4.28. The van der Waals surface area contributed by atoms with Crippen molar-refractivity contribution in [1.82, 2.24) is 9.99 Å². The number of halogens is 1. The molecule has 1 atom stereocenters. The Morgan fingerprint density at radius 2 is 1.93 bits per heavy atom. The van der Waals surface area contributed by atoms with Gasteiger partial charge >= 0.3 is 0 Å².